The van der Waals surface area contributed by atoms with Gasteiger partial charge in [-0.05, 0) is 61.8 Å². The molecule has 0 saturated carbocycles. The maximum Gasteiger partial charge on any atom is 0.343 e. The zero-order valence-corrected chi connectivity index (χ0v) is 18.0. The molecule has 0 bridgehead atoms. The number of aliphatic hydroxyl groups is 1. The number of fused-ring (bicyclic) bond motifs is 3. The van der Waals surface area contributed by atoms with Crippen LogP contribution in [0.15, 0.2) is 27.5 Å². The minimum absolute atomic E-state index is 0.0966. The van der Waals surface area contributed by atoms with Crippen LogP contribution in [0, 0.1) is 12.7 Å². The Morgan fingerprint density at radius 1 is 1.22 bits per heavy atom. The van der Waals surface area contributed by atoms with Crippen LogP contribution in [0.2, 0.25) is 0 Å². The molecule has 0 radical (unpaired) electrons. The molecule has 164 valence electrons. The third kappa shape index (κ3) is 2.40. The fourth-order valence-corrected chi connectivity index (χ4v) is 5.72. The van der Waals surface area contributed by atoms with Crippen LogP contribution in [0.25, 0.3) is 11.3 Å². The zero-order chi connectivity index (χ0) is 22.4. The monoisotopic (exact) mass is 434 g/mol. The molecule has 7 heteroatoms. The Labute approximate surface area is 183 Å². The second-order valence-corrected chi connectivity index (χ2v) is 9.16. The first-order chi connectivity index (χ1) is 15.3. The standard InChI is InChI=1S/C25H23FN2O4/c1-3-25(31)17-8-20-22-14(10-28(20)23(29)16(17)11-32-24(25)30)7-13-5-4-6-15-12(2)18(26)9-19(27-22)21(13)15/h8-9,31H,3-7,10-11H2,1-2H3/t25-/m0/s1. The van der Waals surface area contributed by atoms with Gasteiger partial charge in [-0.15, -0.1) is 0 Å². The molecule has 0 unspecified atom stereocenters. The van der Waals surface area contributed by atoms with Crippen molar-refractivity contribution in [2.75, 3.05) is 0 Å². The molecule has 2 aromatic rings. The number of cyclic esters (lactones) is 1. The number of carbonyl (C=O) groups is 1. The summed E-state index contributed by atoms with van der Waals surface area (Å²) in [6, 6.07) is 3.20. The van der Waals surface area contributed by atoms with Crippen molar-refractivity contribution in [2.45, 2.75) is 64.7 Å². The van der Waals surface area contributed by atoms with E-state index in [0.717, 1.165) is 35.6 Å². The normalized spacial score (nSPS) is 23.0. The van der Waals surface area contributed by atoms with E-state index < -0.39 is 11.6 Å². The number of hydrogen-bond donors (Lipinski definition) is 1. The predicted octanol–water partition coefficient (Wildman–Crippen LogP) is 1.89. The molecule has 4 heterocycles. The fourth-order valence-electron chi connectivity index (χ4n) is 5.72. The third-order valence-corrected chi connectivity index (χ3v) is 7.52. The first-order valence-corrected chi connectivity index (χ1v) is 11.1. The number of esters is 1. The Kier molecular flexibility index (Phi) is 3.97. The average molecular weight is 434 g/mol. The summed E-state index contributed by atoms with van der Waals surface area (Å²) in [5.74, 6) is -1.01. The highest BCUT2D eigenvalue weighted by molar-refractivity contribution is 5.84. The maximum atomic E-state index is 14.7. The number of hydrogen-bond acceptors (Lipinski definition) is 5. The second kappa shape index (κ2) is 6.48. The summed E-state index contributed by atoms with van der Waals surface area (Å²) in [6.45, 7) is 3.76. The van der Waals surface area contributed by atoms with Crippen molar-refractivity contribution in [2.24, 2.45) is 4.99 Å². The van der Waals surface area contributed by atoms with Gasteiger partial charge in [0.2, 0.25) is 0 Å². The molecule has 3 aliphatic heterocycles. The Balaban J connectivity index is 1.63. The van der Waals surface area contributed by atoms with Crippen LogP contribution in [-0.4, -0.2) is 15.6 Å². The molecule has 0 amide bonds. The quantitative estimate of drug-likeness (QED) is 0.695. The van der Waals surface area contributed by atoms with E-state index in [1.54, 1.807) is 17.6 Å². The lowest BCUT2D eigenvalue weighted by Gasteiger charge is -2.31. The molecular weight excluding hydrogens is 411 g/mol. The highest BCUT2D eigenvalue weighted by Gasteiger charge is 2.45. The number of benzene rings is 1. The molecule has 1 atom stereocenters. The smallest absolute Gasteiger partial charge is 0.343 e. The fraction of sp³-hybridized carbons (Fsp3) is 0.400. The molecule has 0 spiro atoms. The Hall–Kier alpha value is -3.06. The summed E-state index contributed by atoms with van der Waals surface area (Å²) in [5, 5.41) is 12.7. The van der Waals surface area contributed by atoms with E-state index in [2.05, 4.69) is 0 Å². The number of nitrogens with zero attached hydrogens (tertiary/aromatic N) is 2. The van der Waals surface area contributed by atoms with Crippen LogP contribution in [0.4, 0.5) is 4.39 Å². The summed E-state index contributed by atoms with van der Waals surface area (Å²) < 4.78 is 21.5. The van der Waals surface area contributed by atoms with Gasteiger partial charge in [-0.3, -0.25) is 4.79 Å². The van der Waals surface area contributed by atoms with Crippen molar-refractivity contribution >= 4 is 17.2 Å². The molecule has 1 aromatic heterocycles. The average Bonchev–Trinajstić information content (AvgIpc) is 3.03. The second-order valence-electron chi connectivity index (χ2n) is 9.16. The van der Waals surface area contributed by atoms with Gasteiger partial charge in [-0.2, -0.15) is 0 Å². The molecule has 1 aliphatic carbocycles. The van der Waals surface area contributed by atoms with Gasteiger partial charge in [0.1, 0.15) is 12.4 Å². The lowest BCUT2D eigenvalue weighted by atomic mass is 9.86. The first-order valence-electron chi connectivity index (χ1n) is 11.1. The Morgan fingerprint density at radius 2 is 2.03 bits per heavy atom. The third-order valence-electron chi connectivity index (χ3n) is 7.52. The van der Waals surface area contributed by atoms with E-state index in [9.17, 15) is 19.1 Å². The van der Waals surface area contributed by atoms with Crippen LogP contribution in [0.1, 0.15) is 60.6 Å². The van der Waals surface area contributed by atoms with E-state index in [0.29, 0.717) is 46.4 Å². The van der Waals surface area contributed by atoms with Gasteiger partial charge in [0, 0.05) is 16.8 Å². The molecule has 6 rings (SSSR count). The van der Waals surface area contributed by atoms with E-state index in [4.69, 9.17) is 9.73 Å². The van der Waals surface area contributed by atoms with Crippen LogP contribution < -0.4 is 16.1 Å². The molecule has 1 N–H and O–H groups in total. The van der Waals surface area contributed by atoms with Gasteiger partial charge in [-0.1, -0.05) is 12.5 Å². The zero-order valence-electron chi connectivity index (χ0n) is 18.0. The van der Waals surface area contributed by atoms with Crippen molar-refractivity contribution in [3.63, 3.8) is 0 Å². The number of allylic oxidation sites excluding steroid dienone is 1. The van der Waals surface area contributed by atoms with Gasteiger partial charge in [0.25, 0.3) is 5.56 Å². The summed E-state index contributed by atoms with van der Waals surface area (Å²) >= 11 is 0. The Morgan fingerprint density at radius 3 is 2.81 bits per heavy atom. The van der Waals surface area contributed by atoms with Gasteiger partial charge < -0.3 is 14.4 Å². The summed E-state index contributed by atoms with van der Waals surface area (Å²) in [6.07, 6.45) is 3.52. The van der Waals surface area contributed by atoms with Gasteiger partial charge in [-0.25, -0.2) is 14.2 Å². The topological polar surface area (TPSA) is 80.9 Å². The largest absolute Gasteiger partial charge is 0.458 e. The van der Waals surface area contributed by atoms with Gasteiger partial charge in [0.15, 0.2) is 5.60 Å². The maximum absolute atomic E-state index is 14.7. The van der Waals surface area contributed by atoms with E-state index in [-0.39, 0.29) is 24.4 Å². The van der Waals surface area contributed by atoms with Crippen molar-refractivity contribution < 1.29 is 19.0 Å². The molecule has 4 aliphatic rings. The first kappa shape index (κ1) is 19.6. The van der Waals surface area contributed by atoms with E-state index >= 15 is 0 Å². The Bertz CT molecular complexity index is 1470. The number of rotatable bonds is 1. The summed E-state index contributed by atoms with van der Waals surface area (Å²) in [7, 11) is 0. The summed E-state index contributed by atoms with van der Waals surface area (Å²) in [4.78, 5) is 30.6. The molecular formula is C25H23FN2O4. The van der Waals surface area contributed by atoms with Gasteiger partial charge in [0.05, 0.1) is 28.9 Å². The molecule has 0 fully saturated rings. The number of ether oxygens (including phenoxy) is 1. The van der Waals surface area contributed by atoms with Crippen molar-refractivity contribution in [1.29, 1.82) is 0 Å². The highest BCUT2D eigenvalue weighted by atomic mass is 19.1. The highest BCUT2D eigenvalue weighted by Crippen LogP contribution is 2.39. The number of aromatic nitrogens is 1. The molecule has 32 heavy (non-hydrogen) atoms. The number of pyridine rings is 1. The minimum atomic E-state index is -1.86. The van der Waals surface area contributed by atoms with Crippen LogP contribution in [0.3, 0.4) is 0 Å². The molecule has 1 aromatic carbocycles. The number of carbonyl (C=O) groups excluding carboxylic acids is 1. The van der Waals surface area contributed by atoms with Crippen LogP contribution >= 0.6 is 0 Å². The van der Waals surface area contributed by atoms with Crippen molar-refractivity contribution in [3.8, 4) is 0 Å². The molecule has 0 saturated heterocycles. The SMILES string of the molecule is CC[C@@]1(O)C(=O)OCc2c1cc1n(c2=O)CC2=C1N=c1cc(F)c(C)c3c1=C(CCC3)C2. The lowest BCUT2D eigenvalue weighted by Crippen LogP contribution is -2.44. The van der Waals surface area contributed by atoms with Crippen molar-refractivity contribution in [1.82, 2.24) is 4.57 Å². The molecule has 6 nitrogen and oxygen atoms in total. The number of halogens is 1. The van der Waals surface area contributed by atoms with Crippen LogP contribution in [0.5, 0.6) is 0 Å². The predicted molar refractivity (Wildman–Crippen MR) is 114 cm³/mol. The van der Waals surface area contributed by atoms with E-state index in [1.807, 2.05) is 6.92 Å². The summed E-state index contributed by atoms with van der Waals surface area (Å²) in [5.41, 5.74) is 3.67. The lowest BCUT2D eigenvalue weighted by molar-refractivity contribution is -0.172. The van der Waals surface area contributed by atoms with E-state index in [1.165, 1.54) is 11.6 Å². The minimum Gasteiger partial charge on any atom is -0.458 e. The van der Waals surface area contributed by atoms with Gasteiger partial charge >= 0.3 is 5.97 Å². The van der Waals surface area contributed by atoms with Crippen molar-refractivity contribution in [3.05, 3.63) is 72.4 Å². The van der Waals surface area contributed by atoms with Crippen LogP contribution in [-0.2, 0) is 34.7 Å².